The van der Waals surface area contributed by atoms with Gasteiger partial charge in [0.25, 0.3) is 0 Å². The zero-order valence-electron chi connectivity index (χ0n) is 16.7. The molecule has 1 N–H and O–H groups in total. The Bertz CT molecular complexity index is 751. The Hall–Kier alpha value is -2.20. The Balaban J connectivity index is 1.74. The number of aryl methyl sites for hydroxylation is 2. The molecule has 0 aliphatic carbocycles. The van der Waals surface area contributed by atoms with E-state index in [0.29, 0.717) is 18.4 Å². The molecular formula is C23H31N3O. The molecule has 1 aliphatic heterocycles. The minimum atomic E-state index is 0.127. The highest BCUT2D eigenvalue weighted by molar-refractivity contribution is 5.76. The molecule has 4 heteroatoms. The molecule has 1 aromatic heterocycles. The van der Waals surface area contributed by atoms with Gasteiger partial charge in [0.05, 0.1) is 6.04 Å². The molecule has 1 saturated heterocycles. The lowest BCUT2D eigenvalue weighted by Gasteiger charge is -2.35. The predicted octanol–water partition coefficient (Wildman–Crippen LogP) is 4.17. The molecule has 0 saturated carbocycles. The Morgan fingerprint density at radius 3 is 2.67 bits per heavy atom. The van der Waals surface area contributed by atoms with Crippen LogP contribution in [0.15, 0.2) is 42.7 Å². The number of piperidine rings is 1. The smallest absolute Gasteiger partial charge is 0.222 e. The number of aromatic nitrogens is 1. The van der Waals surface area contributed by atoms with Crippen molar-refractivity contribution in [2.45, 2.75) is 58.5 Å². The number of carbonyl (C=O) groups excluding carboxylic acids is 1. The van der Waals surface area contributed by atoms with Gasteiger partial charge in [-0.05, 0) is 55.9 Å². The van der Waals surface area contributed by atoms with Gasteiger partial charge in [0.2, 0.25) is 5.91 Å². The van der Waals surface area contributed by atoms with Gasteiger partial charge in [-0.25, -0.2) is 0 Å². The van der Waals surface area contributed by atoms with Crippen LogP contribution in [0.2, 0.25) is 0 Å². The first-order chi connectivity index (χ1) is 13.1. The van der Waals surface area contributed by atoms with Gasteiger partial charge in [-0.15, -0.1) is 0 Å². The van der Waals surface area contributed by atoms with E-state index < -0.39 is 0 Å². The van der Waals surface area contributed by atoms with Crippen molar-refractivity contribution in [1.82, 2.24) is 15.2 Å². The second-order valence-corrected chi connectivity index (χ2v) is 7.65. The fraction of sp³-hybridized carbons (Fsp3) is 0.478. The average molecular weight is 366 g/mol. The number of likely N-dealkylation sites (tertiary alicyclic amines) is 1. The SMILES string of the molecule is CCCC(=O)N1CCC(NC(c2cccnc2)c2ccc(C)cc2C)CC1. The highest BCUT2D eigenvalue weighted by atomic mass is 16.2. The molecular weight excluding hydrogens is 334 g/mol. The summed E-state index contributed by atoms with van der Waals surface area (Å²) in [6.07, 6.45) is 7.36. The van der Waals surface area contributed by atoms with Gasteiger partial charge in [0.1, 0.15) is 0 Å². The standard InChI is InChI=1S/C23H31N3O/c1-4-6-22(27)26-13-10-20(11-14-26)25-23(19-7-5-12-24-16-19)21-9-8-17(2)15-18(21)3/h5,7-9,12,15-16,20,23,25H,4,6,10-11,13-14H2,1-3H3. The molecule has 1 aliphatic rings. The van der Waals surface area contributed by atoms with Crippen LogP contribution in [0.25, 0.3) is 0 Å². The minimum Gasteiger partial charge on any atom is -0.343 e. The summed E-state index contributed by atoms with van der Waals surface area (Å²) in [5, 5.41) is 3.86. The van der Waals surface area contributed by atoms with Crippen LogP contribution in [0.4, 0.5) is 0 Å². The lowest BCUT2D eigenvalue weighted by Crippen LogP contribution is -2.46. The molecule has 3 rings (SSSR count). The molecule has 1 atom stereocenters. The van der Waals surface area contributed by atoms with Crippen molar-refractivity contribution >= 4 is 5.91 Å². The summed E-state index contributed by atoms with van der Waals surface area (Å²) in [6, 6.07) is 11.3. The van der Waals surface area contributed by atoms with Crippen molar-refractivity contribution in [1.29, 1.82) is 0 Å². The molecule has 4 nitrogen and oxygen atoms in total. The summed E-state index contributed by atoms with van der Waals surface area (Å²) >= 11 is 0. The topological polar surface area (TPSA) is 45.2 Å². The molecule has 0 spiro atoms. The molecule has 1 aromatic carbocycles. The third kappa shape index (κ3) is 4.95. The molecule has 144 valence electrons. The van der Waals surface area contributed by atoms with Crippen LogP contribution in [0.1, 0.15) is 60.9 Å². The third-order valence-corrected chi connectivity index (χ3v) is 5.47. The molecule has 0 radical (unpaired) electrons. The van der Waals surface area contributed by atoms with Crippen LogP contribution in [0.5, 0.6) is 0 Å². The van der Waals surface area contributed by atoms with E-state index >= 15 is 0 Å². The van der Waals surface area contributed by atoms with Crippen LogP contribution in [-0.4, -0.2) is 34.9 Å². The molecule has 1 unspecified atom stereocenters. The highest BCUT2D eigenvalue weighted by Crippen LogP contribution is 2.27. The van der Waals surface area contributed by atoms with E-state index in [-0.39, 0.29) is 6.04 Å². The molecule has 1 fully saturated rings. The van der Waals surface area contributed by atoms with Gasteiger partial charge in [-0.3, -0.25) is 9.78 Å². The Labute approximate surface area is 163 Å². The zero-order chi connectivity index (χ0) is 19.2. The first-order valence-electron chi connectivity index (χ1n) is 10.1. The molecule has 1 amide bonds. The average Bonchev–Trinajstić information content (AvgIpc) is 2.68. The molecule has 0 bridgehead atoms. The van der Waals surface area contributed by atoms with Crippen molar-refractivity contribution in [2.75, 3.05) is 13.1 Å². The Kier molecular flexibility index (Phi) is 6.62. The van der Waals surface area contributed by atoms with Gasteiger partial charge in [-0.1, -0.05) is 36.8 Å². The molecule has 2 heterocycles. The predicted molar refractivity (Wildman–Crippen MR) is 110 cm³/mol. The van der Waals surface area contributed by atoms with Crippen molar-refractivity contribution in [3.8, 4) is 0 Å². The minimum absolute atomic E-state index is 0.127. The number of carbonyl (C=O) groups is 1. The van der Waals surface area contributed by atoms with Crippen LogP contribution in [0, 0.1) is 13.8 Å². The van der Waals surface area contributed by atoms with Crippen LogP contribution >= 0.6 is 0 Å². The number of benzene rings is 1. The van der Waals surface area contributed by atoms with Gasteiger partial charge in [0, 0.05) is 37.9 Å². The largest absolute Gasteiger partial charge is 0.343 e. The van der Waals surface area contributed by atoms with Crippen molar-refractivity contribution < 1.29 is 4.79 Å². The van der Waals surface area contributed by atoms with E-state index in [2.05, 4.69) is 55.3 Å². The first kappa shape index (κ1) is 19.6. The lowest BCUT2D eigenvalue weighted by atomic mass is 9.92. The van der Waals surface area contributed by atoms with Gasteiger partial charge < -0.3 is 10.2 Å². The van der Waals surface area contributed by atoms with E-state index in [1.165, 1.54) is 22.3 Å². The Morgan fingerprint density at radius 2 is 2.04 bits per heavy atom. The summed E-state index contributed by atoms with van der Waals surface area (Å²) in [5.41, 5.74) is 5.07. The zero-order valence-corrected chi connectivity index (χ0v) is 16.7. The third-order valence-electron chi connectivity index (χ3n) is 5.47. The maximum atomic E-state index is 12.1. The van der Waals surface area contributed by atoms with Crippen LogP contribution in [-0.2, 0) is 4.79 Å². The monoisotopic (exact) mass is 365 g/mol. The number of hydrogen-bond acceptors (Lipinski definition) is 3. The quantitative estimate of drug-likeness (QED) is 0.836. The van der Waals surface area contributed by atoms with Crippen LogP contribution in [0.3, 0.4) is 0 Å². The summed E-state index contributed by atoms with van der Waals surface area (Å²) in [7, 11) is 0. The maximum Gasteiger partial charge on any atom is 0.222 e. The highest BCUT2D eigenvalue weighted by Gasteiger charge is 2.26. The van der Waals surface area contributed by atoms with E-state index in [4.69, 9.17) is 0 Å². The lowest BCUT2D eigenvalue weighted by molar-refractivity contribution is -0.132. The van der Waals surface area contributed by atoms with Gasteiger partial charge in [-0.2, -0.15) is 0 Å². The number of nitrogens with zero attached hydrogens (tertiary/aromatic N) is 2. The Morgan fingerprint density at radius 1 is 1.26 bits per heavy atom. The fourth-order valence-electron chi connectivity index (χ4n) is 3.97. The first-order valence-corrected chi connectivity index (χ1v) is 10.1. The van der Waals surface area contributed by atoms with E-state index in [1.54, 1.807) is 0 Å². The normalized spacial score (nSPS) is 16.3. The van der Waals surface area contributed by atoms with E-state index in [1.807, 2.05) is 23.4 Å². The number of rotatable bonds is 6. The fourth-order valence-corrected chi connectivity index (χ4v) is 3.97. The maximum absolute atomic E-state index is 12.1. The molecule has 2 aromatic rings. The number of amides is 1. The second-order valence-electron chi connectivity index (χ2n) is 7.65. The summed E-state index contributed by atoms with van der Waals surface area (Å²) in [5.74, 6) is 0.300. The summed E-state index contributed by atoms with van der Waals surface area (Å²) in [6.45, 7) is 8.08. The second kappa shape index (κ2) is 9.14. The van der Waals surface area contributed by atoms with Crippen LogP contribution < -0.4 is 5.32 Å². The number of nitrogens with one attached hydrogen (secondary N) is 1. The number of hydrogen-bond donors (Lipinski definition) is 1. The van der Waals surface area contributed by atoms with Crippen molar-refractivity contribution in [3.05, 3.63) is 65.0 Å². The van der Waals surface area contributed by atoms with E-state index in [0.717, 1.165) is 32.4 Å². The van der Waals surface area contributed by atoms with Crippen molar-refractivity contribution in [3.63, 3.8) is 0 Å². The number of pyridine rings is 1. The van der Waals surface area contributed by atoms with Gasteiger partial charge in [0.15, 0.2) is 0 Å². The van der Waals surface area contributed by atoms with Gasteiger partial charge >= 0.3 is 0 Å². The van der Waals surface area contributed by atoms with E-state index in [9.17, 15) is 4.79 Å². The summed E-state index contributed by atoms with van der Waals surface area (Å²) < 4.78 is 0. The summed E-state index contributed by atoms with van der Waals surface area (Å²) in [4.78, 5) is 18.5. The molecule has 27 heavy (non-hydrogen) atoms. The van der Waals surface area contributed by atoms with Crippen molar-refractivity contribution in [2.24, 2.45) is 0 Å².